The zero-order valence-corrected chi connectivity index (χ0v) is 24.1. The number of aryl methyl sites for hydroxylation is 3. The predicted octanol–water partition coefficient (Wildman–Crippen LogP) is 4.82. The van der Waals surface area contributed by atoms with Crippen molar-refractivity contribution in [3.8, 4) is 0 Å². The van der Waals surface area contributed by atoms with Crippen LogP contribution >= 0.6 is 34.5 Å². The Morgan fingerprint density at radius 3 is 2.46 bits per heavy atom. The number of anilines is 4. The summed E-state index contributed by atoms with van der Waals surface area (Å²) in [6, 6.07) is 3.77. The molecule has 204 valence electrons. The number of nitrogens with one attached hydrogen (secondary N) is 2. The van der Waals surface area contributed by atoms with Gasteiger partial charge in [0.1, 0.15) is 23.8 Å². The molecule has 4 aromatic rings. The number of halogens is 2. The minimum absolute atomic E-state index is 0.160. The Kier molecular flexibility index (Phi) is 8.15. The molecule has 3 N–H and O–H groups in total. The quantitative estimate of drug-likeness (QED) is 0.280. The van der Waals surface area contributed by atoms with E-state index >= 15 is 0 Å². The number of fused-ring (bicyclic) bond motifs is 1. The molecule has 13 heteroatoms. The smallest absolute Gasteiger partial charge is 0.258 e. The first-order chi connectivity index (χ1) is 18.7. The molecule has 1 amide bonds. The van der Waals surface area contributed by atoms with Gasteiger partial charge in [-0.1, -0.05) is 29.3 Å². The molecule has 3 aromatic heterocycles. The normalized spacial score (nSPS) is 14.2. The highest BCUT2D eigenvalue weighted by atomic mass is 35.5. The third kappa shape index (κ3) is 5.78. The second-order valence-corrected chi connectivity index (χ2v) is 11.0. The number of aromatic nitrogens is 4. The number of carbonyl (C=O) groups excluding carboxylic acids is 1. The maximum atomic E-state index is 13.3. The standard InChI is InChI=1S/C26H28Cl2N8O2S/c1-14-10-15(2)21(28)23(20(14)27)34-26(38)17-12-39-24-22(17)29-13-30-25(24)33-18-11-19(32-16(3)31-18)36-6-4-35(5-7-36)8-9-37/h10-13,37H,4-9H2,1-3H3,(H,34,38)(H,29,30,31,32,33). The number of nitrogens with zero attached hydrogens (tertiary/aromatic N) is 6. The van der Waals surface area contributed by atoms with Crippen LogP contribution < -0.4 is 15.5 Å². The number of hydrogen-bond donors (Lipinski definition) is 3. The molecule has 10 nitrogen and oxygen atoms in total. The Hall–Kier alpha value is -3.09. The summed E-state index contributed by atoms with van der Waals surface area (Å²) in [5, 5.41) is 17.9. The molecule has 1 fully saturated rings. The maximum Gasteiger partial charge on any atom is 0.258 e. The third-order valence-electron chi connectivity index (χ3n) is 6.58. The first kappa shape index (κ1) is 27.5. The van der Waals surface area contributed by atoms with Gasteiger partial charge in [0.05, 0.1) is 38.1 Å². The molecular formula is C26H28Cl2N8O2S. The number of hydrogen-bond acceptors (Lipinski definition) is 10. The number of aliphatic hydroxyl groups is 1. The second kappa shape index (κ2) is 11.6. The minimum Gasteiger partial charge on any atom is -0.395 e. The van der Waals surface area contributed by atoms with Gasteiger partial charge >= 0.3 is 0 Å². The largest absolute Gasteiger partial charge is 0.395 e. The Balaban J connectivity index is 1.38. The van der Waals surface area contributed by atoms with Gasteiger partial charge in [0.15, 0.2) is 5.82 Å². The molecule has 39 heavy (non-hydrogen) atoms. The molecule has 0 atom stereocenters. The molecule has 1 aromatic carbocycles. The average Bonchev–Trinajstić information content (AvgIpc) is 3.36. The highest BCUT2D eigenvalue weighted by Crippen LogP contribution is 2.37. The fraction of sp³-hybridized carbons (Fsp3) is 0.346. The lowest BCUT2D eigenvalue weighted by Gasteiger charge is -2.35. The van der Waals surface area contributed by atoms with Crippen molar-refractivity contribution in [3.63, 3.8) is 0 Å². The zero-order valence-electron chi connectivity index (χ0n) is 21.8. The van der Waals surface area contributed by atoms with Crippen molar-refractivity contribution in [2.75, 3.05) is 54.9 Å². The molecule has 0 aliphatic carbocycles. The zero-order chi connectivity index (χ0) is 27.7. The molecule has 1 aliphatic rings. The van der Waals surface area contributed by atoms with E-state index in [9.17, 15) is 9.90 Å². The summed E-state index contributed by atoms with van der Waals surface area (Å²) in [5.74, 6) is 2.24. The lowest BCUT2D eigenvalue weighted by Crippen LogP contribution is -2.47. The average molecular weight is 588 g/mol. The lowest BCUT2D eigenvalue weighted by molar-refractivity contribution is 0.102. The second-order valence-electron chi connectivity index (χ2n) is 9.35. The molecule has 5 rings (SSSR count). The van der Waals surface area contributed by atoms with E-state index in [0.29, 0.717) is 50.8 Å². The predicted molar refractivity (Wildman–Crippen MR) is 157 cm³/mol. The molecule has 1 saturated heterocycles. The molecule has 1 aliphatic heterocycles. The van der Waals surface area contributed by atoms with Gasteiger partial charge < -0.3 is 20.6 Å². The number of β-amino-alcohol motifs (C(OH)–C–C–N with tert-alkyl or cyclic N) is 1. The van der Waals surface area contributed by atoms with E-state index < -0.39 is 0 Å². The molecule has 0 saturated carbocycles. The van der Waals surface area contributed by atoms with Crippen LogP contribution in [0.5, 0.6) is 0 Å². The van der Waals surface area contributed by atoms with E-state index in [4.69, 9.17) is 23.2 Å². The monoisotopic (exact) mass is 586 g/mol. The van der Waals surface area contributed by atoms with Crippen LogP contribution in [-0.4, -0.2) is 75.2 Å². The van der Waals surface area contributed by atoms with Gasteiger partial charge in [-0.15, -0.1) is 11.3 Å². The van der Waals surface area contributed by atoms with Crippen molar-refractivity contribution in [2.45, 2.75) is 20.8 Å². The van der Waals surface area contributed by atoms with Crippen LogP contribution in [0.1, 0.15) is 27.3 Å². The van der Waals surface area contributed by atoms with Crippen molar-refractivity contribution < 1.29 is 9.90 Å². The summed E-state index contributed by atoms with van der Waals surface area (Å²) in [6.07, 6.45) is 1.42. The number of carbonyl (C=O) groups is 1. The summed E-state index contributed by atoms with van der Waals surface area (Å²) in [4.78, 5) is 35.7. The number of rotatable bonds is 7. The minimum atomic E-state index is -0.361. The number of piperazine rings is 1. The van der Waals surface area contributed by atoms with E-state index in [0.717, 1.165) is 47.8 Å². The Labute approximate surface area is 240 Å². The van der Waals surface area contributed by atoms with Gasteiger partial charge in [-0.05, 0) is 31.9 Å². The summed E-state index contributed by atoms with van der Waals surface area (Å²) in [6.45, 7) is 9.76. The number of amides is 1. The van der Waals surface area contributed by atoms with Crippen LogP contribution in [0.25, 0.3) is 10.2 Å². The summed E-state index contributed by atoms with van der Waals surface area (Å²) in [5.41, 5.74) is 2.94. The Morgan fingerprint density at radius 2 is 1.77 bits per heavy atom. The number of thiophene rings is 1. The summed E-state index contributed by atoms with van der Waals surface area (Å²) < 4.78 is 0.718. The summed E-state index contributed by atoms with van der Waals surface area (Å²) >= 11 is 14.3. The Morgan fingerprint density at radius 1 is 1.05 bits per heavy atom. The van der Waals surface area contributed by atoms with E-state index in [1.807, 2.05) is 32.9 Å². The summed E-state index contributed by atoms with van der Waals surface area (Å²) in [7, 11) is 0. The van der Waals surface area contributed by atoms with Crippen molar-refractivity contribution in [3.05, 3.63) is 56.4 Å². The highest BCUT2D eigenvalue weighted by Gasteiger charge is 2.22. The lowest BCUT2D eigenvalue weighted by atomic mass is 10.1. The van der Waals surface area contributed by atoms with Gasteiger partial charge in [-0.2, -0.15) is 0 Å². The van der Waals surface area contributed by atoms with Crippen molar-refractivity contribution in [2.24, 2.45) is 0 Å². The molecular weight excluding hydrogens is 559 g/mol. The topological polar surface area (TPSA) is 119 Å². The highest BCUT2D eigenvalue weighted by molar-refractivity contribution is 7.18. The number of aliphatic hydroxyl groups excluding tert-OH is 1. The van der Waals surface area contributed by atoms with Crippen molar-refractivity contribution >= 4 is 73.8 Å². The fourth-order valence-electron chi connectivity index (χ4n) is 4.58. The van der Waals surface area contributed by atoms with Crippen LogP contribution in [-0.2, 0) is 0 Å². The van der Waals surface area contributed by atoms with Crippen LogP contribution in [0.15, 0.2) is 23.8 Å². The van der Waals surface area contributed by atoms with Crippen molar-refractivity contribution in [1.82, 2.24) is 24.8 Å². The SMILES string of the molecule is Cc1nc(Nc2ncnc3c(C(=O)Nc4c(Cl)c(C)cc(C)c4Cl)csc23)cc(N2CCN(CCO)CC2)n1. The van der Waals surface area contributed by atoms with Crippen LogP contribution in [0.4, 0.5) is 23.1 Å². The first-order valence-electron chi connectivity index (χ1n) is 12.4. The van der Waals surface area contributed by atoms with Gasteiger partial charge in [0.2, 0.25) is 0 Å². The van der Waals surface area contributed by atoms with E-state index in [2.05, 4.69) is 40.4 Å². The molecule has 0 radical (unpaired) electrons. The van der Waals surface area contributed by atoms with Gasteiger partial charge in [0.25, 0.3) is 5.91 Å². The van der Waals surface area contributed by atoms with E-state index in [-0.39, 0.29) is 12.5 Å². The van der Waals surface area contributed by atoms with Crippen molar-refractivity contribution in [1.29, 1.82) is 0 Å². The van der Waals surface area contributed by atoms with Gasteiger partial charge in [0, 0.05) is 44.2 Å². The van der Waals surface area contributed by atoms with Gasteiger partial charge in [-0.3, -0.25) is 9.69 Å². The van der Waals surface area contributed by atoms with E-state index in [1.165, 1.54) is 17.7 Å². The molecule has 4 heterocycles. The fourth-order valence-corrected chi connectivity index (χ4v) is 5.96. The first-order valence-corrected chi connectivity index (χ1v) is 14.1. The molecule has 0 spiro atoms. The molecule has 0 unspecified atom stereocenters. The van der Waals surface area contributed by atoms with Crippen LogP contribution in [0, 0.1) is 20.8 Å². The van der Waals surface area contributed by atoms with Crippen LogP contribution in [0.3, 0.4) is 0 Å². The maximum absolute atomic E-state index is 13.3. The third-order valence-corrected chi connectivity index (χ3v) is 8.53. The number of benzene rings is 1. The molecule has 0 bridgehead atoms. The van der Waals surface area contributed by atoms with Gasteiger partial charge in [-0.25, -0.2) is 19.9 Å². The van der Waals surface area contributed by atoms with E-state index in [1.54, 1.807) is 5.38 Å². The van der Waals surface area contributed by atoms with Crippen LogP contribution in [0.2, 0.25) is 10.0 Å². The Bertz CT molecular complexity index is 1510.